The quantitative estimate of drug-likeness (QED) is 0.468. The number of anilines is 2. The van der Waals surface area contributed by atoms with Crippen LogP contribution in [0.5, 0.6) is 5.75 Å². The summed E-state index contributed by atoms with van der Waals surface area (Å²) in [5.74, 6) is 1.34. The Morgan fingerprint density at radius 2 is 1.72 bits per heavy atom. The number of methoxy groups -OCH3 is 1. The van der Waals surface area contributed by atoms with Gasteiger partial charge < -0.3 is 15.4 Å². The number of hydrogen-bond donors (Lipinski definition) is 2. The maximum absolute atomic E-state index is 13.6. The molecule has 5 rings (SSSR count). The largest absolute Gasteiger partial charge is 0.497 e. The Balaban J connectivity index is 1.64. The van der Waals surface area contributed by atoms with Gasteiger partial charge in [0.15, 0.2) is 0 Å². The van der Waals surface area contributed by atoms with E-state index in [1.807, 2.05) is 86.6 Å². The Morgan fingerprint density at radius 3 is 2.44 bits per heavy atom. The van der Waals surface area contributed by atoms with Crippen molar-refractivity contribution in [2.24, 2.45) is 0 Å². The molecule has 0 spiro atoms. The van der Waals surface area contributed by atoms with Gasteiger partial charge in [0.1, 0.15) is 5.75 Å². The fraction of sp³-hybridized carbons (Fsp3) is 0.154. The van der Waals surface area contributed by atoms with E-state index in [1.165, 1.54) is 0 Å². The van der Waals surface area contributed by atoms with E-state index in [0.29, 0.717) is 5.57 Å². The van der Waals surface area contributed by atoms with Gasteiger partial charge in [-0.3, -0.25) is 9.36 Å². The van der Waals surface area contributed by atoms with Crippen LogP contribution in [0.3, 0.4) is 0 Å². The third-order valence-electron chi connectivity index (χ3n) is 5.82. The summed E-state index contributed by atoms with van der Waals surface area (Å²) in [6.07, 6.45) is 0. The second-order valence-corrected chi connectivity index (χ2v) is 7.95. The fourth-order valence-corrected chi connectivity index (χ4v) is 4.19. The topological polar surface area (TPSA) is 68.2 Å². The first-order valence-corrected chi connectivity index (χ1v) is 10.5. The van der Waals surface area contributed by atoms with Gasteiger partial charge in [0.05, 0.1) is 29.8 Å². The van der Waals surface area contributed by atoms with E-state index in [9.17, 15) is 4.79 Å². The smallest absolute Gasteiger partial charge is 0.255 e. The second-order valence-electron chi connectivity index (χ2n) is 7.95. The minimum atomic E-state index is -0.338. The standard InChI is InChI=1S/C26H24N4O2/c1-16-8-12-19(13-9-16)28-25(31)23-17(2)27-26-29-21-6-4-5-7-22(21)30(26)24(23)18-10-14-20(32-3)15-11-18/h4-15,24H,1-3H3,(H,27,29)(H,28,31). The molecule has 32 heavy (non-hydrogen) atoms. The van der Waals surface area contributed by atoms with Crippen LogP contribution in [0.2, 0.25) is 0 Å². The molecule has 6 heteroatoms. The van der Waals surface area contributed by atoms with E-state index < -0.39 is 0 Å². The van der Waals surface area contributed by atoms with Crippen molar-refractivity contribution in [3.05, 3.63) is 95.2 Å². The van der Waals surface area contributed by atoms with E-state index in [-0.39, 0.29) is 11.9 Å². The Bertz CT molecular complexity index is 1330. The normalized spacial score (nSPS) is 15.3. The molecule has 1 amide bonds. The lowest BCUT2D eigenvalue weighted by atomic mass is 9.94. The number of nitrogens with zero attached hydrogens (tertiary/aromatic N) is 2. The van der Waals surface area contributed by atoms with Gasteiger partial charge in [0, 0.05) is 11.4 Å². The zero-order chi connectivity index (χ0) is 22.2. The van der Waals surface area contributed by atoms with Crippen molar-refractivity contribution in [3.8, 4) is 5.75 Å². The van der Waals surface area contributed by atoms with Crippen LogP contribution < -0.4 is 15.4 Å². The minimum absolute atomic E-state index is 0.150. The van der Waals surface area contributed by atoms with Crippen molar-refractivity contribution in [1.29, 1.82) is 0 Å². The average Bonchev–Trinajstić information content (AvgIpc) is 3.17. The number of hydrogen-bond acceptors (Lipinski definition) is 4. The van der Waals surface area contributed by atoms with Crippen molar-refractivity contribution < 1.29 is 9.53 Å². The summed E-state index contributed by atoms with van der Waals surface area (Å²) < 4.78 is 7.43. The molecule has 3 aromatic carbocycles. The van der Waals surface area contributed by atoms with Crippen LogP contribution in [-0.2, 0) is 4.79 Å². The lowest BCUT2D eigenvalue weighted by Crippen LogP contribution is -2.30. The summed E-state index contributed by atoms with van der Waals surface area (Å²) in [4.78, 5) is 18.3. The van der Waals surface area contributed by atoms with E-state index in [4.69, 9.17) is 9.72 Å². The molecule has 0 fully saturated rings. The molecule has 0 radical (unpaired) electrons. The fourth-order valence-electron chi connectivity index (χ4n) is 4.19. The van der Waals surface area contributed by atoms with Crippen LogP contribution in [0.25, 0.3) is 11.0 Å². The zero-order valence-corrected chi connectivity index (χ0v) is 18.2. The molecule has 6 nitrogen and oxygen atoms in total. The monoisotopic (exact) mass is 424 g/mol. The average molecular weight is 425 g/mol. The van der Waals surface area contributed by atoms with Crippen LogP contribution in [0, 0.1) is 6.92 Å². The summed E-state index contributed by atoms with van der Waals surface area (Å²) in [5.41, 5.74) is 6.14. The molecule has 0 saturated carbocycles. The number of para-hydroxylation sites is 2. The van der Waals surface area contributed by atoms with Gasteiger partial charge in [-0.15, -0.1) is 0 Å². The first-order chi connectivity index (χ1) is 15.5. The number of amides is 1. The molecular weight excluding hydrogens is 400 g/mol. The number of allylic oxidation sites excluding steroid dienone is 1. The van der Waals surface area contributed by atoms with Crippen molar-refractivity contribution in [2.45, 2.75) is 19.9 Å². The molecule has 1 aliphatic heterocycles. The van der Waals surface area contributed by atoms with Crippen molar-refractivity contribution in [1.82, 2.24) is 9.55 Å². The number of benzene rings is 3. The number of nitrogens with one attached hydrogen (secondary N) is 2. The number of carbonyl (C=O) groups excluding carboxylic acids is 1. The second kappa shape index (κ2) is 7.89. The molecule has 1 aromatic heterocycles. The predicted molar refractivity (Wildman–Crippen MR) is 127 cm³/mol. The lowest BCUT2D eigenvalue weighted by Gasteiger charge is -2.30. The van der Waals surface area contributed by atoms with E-state index in [0.717, 1.165) is 45.2 Å². The Hall–Kier alpha value is -4.06. The molecule has 0 bridgehead atoms. The van der Waals surface area contributed by atoms with E-state index in [2.05, 4.69) is 15.2 Å². The first-order valence-electron chi connectivity index (χ1n) is 10.5. The summed E-state index contributed by atoms with van der Waals surface area (Å²) in [7, 11) is 1.64. The van der Waals surface area contributed by atoms with Crippen LogP contribution in [-0.4, -0.2) is 22.6 Å². The maximum atomic E-state index is 13.6. The van der Waals surface area contributed by atoms with Gasteiger partial charge in [0.25, 0.3) is 5.91 Å². The highest BCUT2D eigenvalue weighted by atomic mass is 16.5. The third-order valence-corrected chi connectivity index (χ3v) is 5.82. The molecular formula is C26H24N4O2. The van der Waals surface area contributed by atoms with Crippen molar-refractivity contribution in [3.63, 3.8) is 0 Å². The van der Waals surface area contributed by atoms with E-state index >= 15 is 0 Å². The highest BCUT2D eigenvalue weighted by molar-refractivity contribution is 6.06. The van der Waals surface area contributed by atoms with Crippen LogP contribution >= 0.6 is 0 Å². The maximum Gasteiger partial charge on any atom is 0.255 e. The number of imidazole rings is 1. The van der Waals surface area contributed by atoms with Gasteiger partial charge in [0.2, 0.25) is 5.95 Å². The van der Waals surface area contributed by atoms with E-state index in [1.54, 1.807) is 7.11 Å². The predicted octanol–water partition coefficient (Wildman–Crippen LogP) is 5.28. The summed E-state index contributed by atoms with van der Waals surface area (Å²) in [6.45, 7) is 3.94. The van der Waals surface area contributed by atoms with Crippen molar-refractivity contribution >= 4 is 28.6 Å². The Kier molecular flexibility index (Phi) is 4.90. The minimum Gasteiger partial charge on any atom is -0.497 e. The molecule has 2 N–H and O–H groups in total. The molecule has 1 atom stereocenters. The Morgan fingerprint density at radius 1 is 1.00 bits per heavy atom. The molecule has 0 saturated heterocycles. The number of aryl methyl sites for hydroxylation is 1. The number of rotatable bonds is 4. The number of fused-ring (bicyclic) bond motifs is 3. The molecule has 1 unspecified atom stereocenters. The Labute approximate surface area is 186 Å². The molecule has 160 valence electrons. The van der Waals surface area contributed by atoms with Gasteiger partial charge in [-0.2, -0.15) is 0 Å². The van der Waals surface area contributed by atoms with Gasteiger partial charge in [-0.25, -0.2) is 4.98 Å². The highest BCUT2D eigenvalue weighted by Crippen LogP contribution is 2.39. The lowest BCUT2D eigenvalue weighted by molar-refractivity contribution is -0.113. The number of ether oxygens (including phenoxy) is 1. The SMILES string of the molecule is COc1ccc(C2C(C(=O)Nc3ccc(C)cc3)=C(C)Nc3nc4ccccc4n32)cc1. The summed E-state index contributed by atoms with van der Waals surface area (Å²) >= 11 is 0. The molecule has 0 aliphatic carbocycles. The van der Waals surface area contributed by atoms with Crippen molar-refractivity contribution in [2.75, 3.05) is 17.7 Å². The van der Waals surface area contributed by atoms with Crippen LogP contribution in [0.1, 0.15) is 24.1 Å². The van der Waals surface area contributed by atoms with Crippen LogP contribution in [0.15, 0.2) is 84.1 Å². The molecule has 2 heterocycles. The van der Waals surface area contributed by atoms with Gasteiger partial charge in [-0.1, -0.05) is 42.0 Å². The number of carbonyl (C=O) groups is 1. The zero-order valence-electron chi connectivity index (χ0n) is 18.2. The first kappa shape index (κ1) is 19.9. The molecule has 4 aromatic rings. The van der Waals surface area contributed by atoms with Crippen LogP contribution in [0.4, 0.5) is 11.6 Å². The van der Waals surface area contributed by atoms with Gasteiger partial charge >= 0.3 is 0 Å². The summed E-state index contributed by atoms with van der Waals surface area (Å²) in [6, 6.07) is 23.3. The highest BCUT2D eigenvalue weighted by Gasteiger charge is 2.34. The van der Waals surface area contributed by atoms with Gasteiger partial charge in [-0.05, 0) is 55.8 Å². The number of aromatic nitrogens is 2. The summed E-state index contributed by atoms with van der Waals surface area (Å²) in [5, 5.41) is 6.41. The molecule has 1 aliphatic rings. The third kappa shape index (κ3) is 3.39.